The summed E-state index contributed by atoms with van der Waals surface area (Å²) in [6.07, 6.45) is 3.76. The van der Waals surface area contributed by atoms with Crippen LogP contribution in [0, 0.1) is 0 Å². The van der Waals surface area contributed by atoms with Crippen LogP contribution in [0.1, 0.15) is 55.5 Å². The molecule has 2 aromatic rings. The van der Waals surface area contributed by atoms with Crippen LogP contribution in [-0.2, 0) is 16.0 Å². The van der Waals surface area contributed by atoms with Crippen molar-refractivity contribution >= 4 is 17.6 Å². The molecular formula is C23H29NO4. The van der Waals surface area contributed by atoms with E-state index in [0.717, 1.165) is 25.0 Å². The number of nitrogens with one attached hydrogen (secondary N) is 1. The Morgan fingerprint density at radius 1 is 0.964 bits per heavy atom. The summed E-state index contributed by atoms with van der Waals surface area (Å²) < 4.78 is 10.9. The van der Waals surface area contributed by atoms with E-state index < -0.39 is 0 Å². The molecule has 0 aromatic heterocycles. The number of hydrogen-bond acceptors (Lipinski definition) is 4. The van der Waals surface area contributed by atoms with Crippen LogP contribution in [0.3, 0.4) is 0 Å². The lowest BCUT2D eigenvalue weighted by molar-refractivity contribution is -0.116. The predicted octanol–water partition coefficient (Wildman–Crippen LogP) is 5.00. The zero-order valence-electron chi connectivity index (χ0n) is 16.7. The van der Waals surface area contributed by atoms with Gasteiger partial charge in [-0.25, -0.2) is 4.79 Å². The van der Waals surface area contributed by atoms with Crippen molar-refractivity contribution in [2.45, 2.75) is 46.0 Å². The third kappa shape index (κ3) is 7.43. The molecule has 0 aliphatic heterocycles. The average Bonchev–Trinajstić information content (AvgIpc) is 2.72. The Hall–Kier alpha value is -2.82. The van der Waals surface area contributed by atoms with Crippen molar-refractivity contribution in [3.05, 3.63) is 59.7 Å². The molecule has 0 unspecified atom stereocenters. The van der Waals surface area contributed by atoms with Crippen LogP contribution in [0.2, 0.25) is 0 Å². The number of aryl methyl sites for hydroxylation is 1. The van der Waals surface area contributed by atoms with Crippen molar-refractivity contribution in [1.29, 1.82) is 0 Å². The van der Waals surface area contributed by atoms with E-state index in [2.05, 4.69) is 12.2 Å². The fraction of sp³-hybridized carbons (Fsp3) is 0.391. The predicted molar refractivity (Wildman–Crippen MR) is 111 cm³/mol. The Balaban J connectivity index is 1.73. The first-order valence-electron chi connectivity index (χ1n) is 9.91. The molecule has 0 saturated carbocycles. The first-order valence-corrected chi connectivity index (χ1v) is 9.91. The van der Waals surface area contributed by atoms with Crippen molar-refractivity contribution in [3.8, 4) is 5.75 Å². The zero-order chi connectivity index (χ0) is 20.2. The van der Waals surface area contributed by atoms with Crippen LogP contribution in [-0.4, -0.2) is 25.1 Å². The molecule has 150 valence electrons. The van der Waals surface area contributed by atoms with Crippen molar-refractivity contribution < 1.29 is 19.1 Å². The van der Waals surface area contributed by atoms with Crippen LogP contribution < -0.4 is 10.1 Å². The largest absolute Gasteiger partial charge is 0.494 e. The minimum atomic E-state index is -0.368. The zero-order valence-corrected chi connectivity index (χ0v) is 16.7. The first kappa shape index (κ1) is 21.5. The Morgan fingerprint density at radius 3 is 2.46 bits per heavy atom. The van der Waals surface area contributed by atoms with E-state index in [9.17, 15) is 9.59 Å². The van der Waals surface area contributed by atoms with Gasteiger partial charge in [0.2, 0.25) is 5.91 Å². The summed E-state index contributed by atoms with van der Waals surface area (Å²) in [6, 6.07) is 14.8. The summed E-state index contributed by atoms with van der Waals surface area (Å²) in [7, 11) is 0. The molecule has 1 amide bonds. The molecule has 0 heterocycles. The second-order valence-corrected chi connectivity index (χ2v) is 6.57. The number of carbonyl (C=O) groups excluding carboxylic acids is 2. The van der Waals surface area contributed by atoms with Gasteiger partial charge in [0, 0.05) is 12.1 Å². The molecule has 0 aliphatic rings. The van der Waals surface area contributed by atoms with E-state index in [1.807, 2.05) is 31.2 Å². The Bertz CT molecular complexity index is 755. The van der Waals surface area contributed by atoms with Gasteiger partial charge < -0.3 is 14.8 Å². The number of rotatable bonds is 11. The molecule has 0 spiro atoms. The van der Waals surface area contributed by atoms with Crippen LogP contribution in [0.4, 0.5) is 5.69 Å². The monoisotopic (exact) mass is 383 g/mol. The SMILES string of the molecule is CCCCOC(=O)c1cccc(NC(=O)CCCOc2ccc(CC)cc2)c1. The number of carbonyl (C=O) groups is 2. The van der Waals surface area contributed by atoms with Crippen LogP contribution in [0.25, 0.3) is 0 Å². The molecule has 28 heavy (non-hydrogen) atoms. The molecule has 5 heteroatoms. The number of anilines is 1. The maximum absolute atomic E-state index is 12.1. The number of hydrogen-bond donors (Lipinski definition) is 1. The van der Waals surface area contributed by atoms with Gasteiger partial charge in [-0.1, -0.05) is 38.5 Å². The molecule has 2 aromatic carbocycles. The normalized spacial score (nSPS) is 10.4. The summed E-state index contributed by atoms with van der Waals surface area (Å²) in [5.74, 6) is 0.334. The lowest BCUT2D eigenvalue weighted by atomic mass is 10.2. The maximum atomic E-state index is 12.1. The highest BCUT2D eigenvalue weighted by Gasteiger charge is 2.09. The van der Waals surface area contributed by atoms with Gasteiger partial charge in [0.05, 0.1) is 18.8 Å². The third-order valence-corrected chi connectivity index (χ3v) is 4.26. The average molecular weight is 383 g/mol. The summed E-state index contributed by atoms with van der Waals surface area (Å²) in [5, 5.41) is 2.82. The van der Waals surface area contributed by atoms with E-state index in [1.165, 1.54) is 5.56 Å². The fourth-order valence-corrected chi connectivity index (χ4v) is 2.58. The van der Waals surface area contributed by atoms with Crippen LogP contribution in [0.15, 0.2) is 48.5 Å². The van der Waals surface area contributed by atoms with Crippen molar-refractivity contribution in [3.63, 3.8) is 0 Å². The van der Waals surface area contributed by atoms with Gasteiger partial charge in [0.15, 0.2) is 0 Å². The summed E-state index contributed by atoms with van der Waals surface area (Å²) in [6.45, 7) is 5.03. The number of esters is 1. The van der Waals surface area contributed by atoms with Gasteiger partial charge in [-0.3, -0.25) is 4.79 Å². The molecule has 0 radical (unpaired) electrons. The minimum Gasteiger partial charge on any atom is -0.494 e. The van der Waals surface area contributed by atoms with Crippen molar-refractivity contribution in [2.75, 3.05) is 18.5 Å². The van der Waals surface area contributed by atoms with E-state index in [4.69, 9.17) is 9.47 Å². The van der Waals surface area contributed by atoms with Gasteiger partial charge in [0.1, 0.15) is 5.75 Å². The molecule has 1 N–H and O–H groups in total. The third-order valence-electron chi connectivity index (χ3n) is 4.26. The highest BCUT2D eigenvalue weighted by molar-refractivity contribution is 5.94. The number of ether oxygens (including phenoxy) is 2. The van der Waals surface area contributed by atoms with Gasteiger partial charge in [-0.05, 0) is 55.2 Å². The lowest BCUT2D eigenvalue weighted by Gasteiger charge is -2.09. The van der Waals surface area contributed by atoms with Gasteiger partial charge in [-0.15, -0.1) is 0 Å². The van der Waals surface area contributed by atoms with Gasteiger partial charge in [-0.2, -0.15) is 0 Å². The highest BCUT2D eigenvalue weighted by Crippen LogP contribution is 2.14. The second-order valence-electron chi connectivity index (χ2n) is 6.57. The van der Waals surface area contributed by atoms with Crippen LogP contribution in [0.5, 0.6) is 5.75 Å². The maximum Gasteiger partial charge on any atom is 0.338 e. The summed E-state index contributed by atoms with van der Waals surface area (Å²) in [4.78, 5) is 24.1. The quantitative estimate of drug-likeness (QED) is 0.438. The van der Waals surface area contributed by atoms with Crippen molar-refractivity contribution in [2.24, 2.45) is 0 Å². The van der Waals surface area contributed by atoms with E-state index in [-0.39, 0.29) is 11.9 Å². The molecule has 0 atom stereocenters. The van der Waals surface area contributed by atoms with E-state index in [0.29, 0.717) is 37.3 Å². The van der Waals surface area contributed by atoms with Gasteiger partial charge in [0.25, 0.3) is 0 Å². The molecular weight excluding hydrogens is 354 g/mol. The molecule has 0 bridgehead atoms. The first-order chi connectivity index (χ1) is 13.6. The van der Waals surface area contributed by atoms with E-state index in [1.54, 1.807) is 24.3 Å². The number of amides is 1. The standard InChI is InChI=1S/C23H29NO4/c1-3-5-15-28-23(26)19-8-6-9-20(17-19)24-22(25)10-7-16-27-21-13-11-18(4-2)12-14-21/h6,8-9,11-14,17H,3-5,7,10,15-16H2,1-2H3,(H,24,25). The second kappa shape index (κ2) is 11.8. The Labute approximate surface area is 167 Å². The smallest absolute Gasteiger partial charge is 0.338 e. The fourth-order valence-electron chi connectivity index (χ4n) is 2.58. The topological polar surface area (TPSA) is 64.6 Å². The molecule has 0 fully saturated rings. The molecule has 0 saturated heterocycles. The molecule has 2 rings (SSSR count). The summed E-state index contributed by atoms with van der Waals surface area (Å²) in [5.41, 5.74) is 2.29. The minimum absolute atomic E-state index is 0.110. The number of unbranched alkanes of at least 4 members (excludes halogenated alkanes) is 1. The molecule has 0 aliphatic carbocycles. The lowest BCUT2D eigenvalue weighted by Crippen LogP contribution is -2.13. The highest BCUT2D eigenvalue weighted by atomic mass is 16.5. The van der Waals surface area contributed by atoms with Gasteiger partial charge >= 0.3 is 5.97 Å². The van der Waals surface area contributed by atoms with Crippen molar-refractivity contribution in [1.82, 2.24) is 0 Å². The Kier molecular flexibility index (Phi) is 9.05. The van der Waals surface area contributed by atoms with Crippen LogP contribution >= 0.6 is 0 Å². The number of benzene rings is 2. The van der Waals surface area contributed by atoms with E-state index >= 15 is 0 Å². The summed E-state index contributed by atoms with van der Waals surface area (Å²) >= 11 is 0. The molecule has 5 nitrogen and oxygen atoms in total. The Morgan fingerprint density at radius 2 is 1.75 bits per heavy atom.